The van der Waals surface area contributed by atoms with E-state index in [9.17, 15) is 9.90 Å². The summed E-state index contributed by atoms with van der Waals surface area (Å²) in [6.45, 7) is 12.3. The van der Waals surface area contributed by atoms with E-state index in [0.29, 0.717) is 45.7 Å². The van der Waals surface area contributed by atoms with Crippen molar-refractivity contribution in [3.8, 4) is 22.8 Å². The second kappa shape index (κ2) is 11.7. The summed E-state index contributed by atoms with van der Waals surface area (Å²) in [5.74, 6) is 3.33. The van der Waals surface area contributed by atoms with Crippen molar-refractivity contribution in [2.24, 2.45) is 5.41 Å². The Morgan fingerprint density at radius 3 is 2.00 bits per heavy atom. The average molecular weight is 591 g/mol. The van der Waals surface area contributed by atoms with Crippen LogP contribution in [0.5, 0.6) is 11.5 Å². The van der Waals surface area contributed by atoms with Crippen molar-refractivity contribution < 1.29 is 28.5 Å². The number of allylic oxidation sites excluding steroid dienone is 7. The van der Waals surface area contributed by atoms with Gasteiger partial charge < -0.3 is 19.3 Å². The first kappa shape index (κ1) is 30.6. The highest BCUT2D eigenvalue weighted by Gasteiger charge is 2.32. The molecule has 2 aliphatic rings. The van der Waals surface area contributed by atoms with E-state index in [1.807, 2.05) is 114 Å². The van der Waals surface area contributed by atoms with Crippen LogP contribution in [0.3, 0.4) is 0 Å². The molecule has 2 heterocycles. The van der Waals surface area contributed by atoms with Crippen LogP contribution in [0.15, 0.2) is 112 Å². The van der Waals surface area contributed by atoms with Gasteiger partial charge in [-0.05, 0) is 80.5 Å². The van der Waals surface area contributed by atoms with Crippen molar-refractivity contribution in [1.29, 1.82) is 0 Å². The van der Waals surface area contributed by atoms with Gasteiger partial charge >= 0.3 is 11.5 Å². The van der Waals surface area contributed by atoms with Gasteiger partial charge in [-0.15, -0.1) is 0 Å². The molecular weight excluding hydrogens is 552 g/mol. The summed E-state index contributed by atoms with van der Waals surface area (Å²) in [7, 11) is 3.22. The van der Waals surface area contributed by atoms with E-state index in [-0.39, 0.29) is 33.5 Å². The molecule has 2 aromatic carbocycles. The SMILES string of the molecule is COc1ccccc1C1=CC(=CC2=C([O-])C(=Cc3cc(-c4ccccc4OC)[o+]c(C(C)(C)C)c3)C2=O)C=C(C(C)(C)C)O1. The maximum absolute atomic E-state index is 13.4. The van der Waals surface area contributed by atoms with Gasteiger partial charge in [-0.25, -0.2) is 4.42 Å². The molecule has 226 valence electrons. The molecule has 6 nitrogen and oxygen atoms in total. The number of carbonyl (C=O) groups is 1. The molecule has 0 atom stereocenters. The molecule has 0 spiro atoms. The average Bonchev–Trinajstić information content (AvgIpc) is 3.01. The molecule has 0 radical (unpaired) electrons. The predicted molar refractivity (Wildman–Crippen MR) is 171 cm³/mol. The van der Waals surface area contributed by atoms with Gasteiger partial charge in [-0.1, -0.05) is 50.8 Å². The Labute approximate surface area is 259 Å². The minimum Gasteiger partial charge on any atom is -0.871 e. The Morgan fingerprint density at radius 2 is 1.41 bits per heavy atom. The van der Waals surface area contributed by atoms with Gasteiger partial charge in [0.1, 0.15) is 28.6 Å². The highest BCUT2D eigenvalue weighted by Crippen LogP contribution is 2.40. The smallest absolute Gasteiger partial charge is 0.364 e. The van der Waals surface area contributed by atoms with E-state index < -0.39 is 0 Å². The lowest BCUT2D eigenvalue weighted by Gasteiger charge is -2.30. The van der Waals surface area contributed by atoms with Crippen molar-refractivity contribution in [3.63, 3.8) is 0 Å². The number of ketones is 1. The van der Waals surface area contributed by atoms with E-state index in [2.05, 4.69) is 0 Å². The van der Waals surface area contributed by atoms with Gasteiger partial charge in [0.15, 0.2) is 5.78 Å². The molecule has 0 fully saturated rings. The third-order valence-electron chi connectivity index (χ3n) is 7.45. The first-order valence-electron chi connectivity index (χ1n) is 14.6. The van der Waals surface area contributed by atoms with Crippen molar-refractivity contribution in [2.45, 2.75) is 47.0 Å². The Hall–Kier alpha value is -4.84. The number of para-hydroxylation sites is 2. The second-order valence-electron chi connectivity index (χ2n) is 12.9. The molecule has 0 bridgehead atoms. The van der Waals surface area contributed by atoms with Crippen LogP contribution in [-0.4, -0.2) is 20.0 Å². The Morgan fingerprint density at radius 1 is 0.795 bits per heavy atom. The molecule has 5 rings (SSSR count). The molecule has 3 aromatic rings. The van der Waals surface area contributed by atoms with Gasteiger partial charge in [0.05, 0.1) is 31.3 Å². The zero-order valence-electron chi connectivity index (χ0n) is 26.5. The molecule has 1 aliphatic carbocycles. The summed E-state index contributed by atoms with van der Waals surface area (Å²) in [6.07, 6.45) is 7.00. The number of carbonyl (C=O) groups excluding carboxylic acids is 1. The molecule has 0 saturated heterocycles. The van der Waals surface area contributed by atoms with E-state index in [1.165, 1.54) is 0 Å². The van der Waals surface area contributed by atoms with Crippen LogP contribution in [0.25, 0.3) is 23.2 Å². The van der Waals surface area contributed by atoms with E-state index >= 15 is 0 Å². The van der Waals surface area contributed by atoms with Crippen molar-refractivity contribution in [3.05, 3.63) is 124 Å². The molecular formula is C38H38O6. The third kappa shape index (κ3) is 6.11. The van der Waals surface area contributed by atoms with Gasteiger partial charge in [-0.3, -0.25) is 4.79 Å². The summed E-state index contributed by atoms with van der Waals surface area (Å²) >= 11 is 0. The van der Waals surface area contributed by atoms with Crippen LogP contribution < -0.4 is 14.6 Å². The Bertz CT molecular complexity index is 1780. The fourth-order valence-corrected chi connectivity index (χ4v) is 4.94. The molecule has 1 aromatic heterocycles. The van der Waals surface area contributed by atoms with Crippen molar-refractivity contribution in [2.75, 3.05) is 14.2 Å². The highest BCUT2D eigenvalue weighted by atomic mass is 16.5. The summed E-state index contributed by atoms with van der Waals surface area (Å²) in [5, 5.41) is 13.4. The summed E-state index contributed by atoms with van der Waals surface area (Å²) in [5.41, 5.74) is 2.60. The standard InChI is InChI=1S/C38H38O6/c1-37(2,3)33-21-23(19-31(43-33)25-13-9-11-15-29(25)41-7)17-27-35(39)28(36(27)40)18-24-20-32(44-34(22-24)38(4,5)6)26-14-10-12-16-30(26)42-8/h9-22H,1-8H3. The minimum absolute atomic E-state index is 0.134. The lowest BCUT2D eigenvalue weighted by atomic mass is 9.84. The maximum Gasteiger partial charge on any atom is 0.364 e. The number of hydrogen-bond donors (Lipinski definition) is 0. The van der Waals surface area contributed by atoms with Crippen molar-refractivity contribution in [1.82, 2.24) is 0 Å². The van der Waals surface area contributed by atoms with Gasteiger partial charge in [-0.2, -0.15) is 0 Å². The monoisotopic (exact) mass is 590 g/mol. The second-order valence-corrected chi connectivity index (χ2v) is 12.9. The molecule has 0 saturated carbocycles. The van der Waals surface area contributed by atoms with Gasteiger partial charge in [0.2, 0.25) is 0 Å². The summed E-state index contributed by atoms with van der Waals surface area (Å²) < 4.78 is 23.7. The number of ether oxygens (including phenoxy) is 3. The highest BCUT2D eigenvalue weighted by molar-refractivity contribution is 6.23. The quantitative estimate of drug-likeness (QED) is 0.214. The van der Waals surface area contributed by atoms with Crippen LogP contribution in [-0.2, 0) is 14.9 Å². The van der Waals surface area contributed by atoms with Crippen LogP contribution in [0.1, 0.15) is 58.4 Å². The predicted octanol–water partition coefficient (Wildman–Crippen LogP) is 8.05. The minimum atomic E-state index is -0.313. The normalized spacial score (nSPS) is 17.2. The third-order valence-corrected chi connectivity index (χ3v) is 7.45. The first-order chi connectivity index (χ1) is 20.8. The molecule has 0 N–H and O–H groups in total. The van der Waals surface area contributed by atoms with Crippen molar-refractivity contribution >= 4 is 17.6 Å². The zero-order chi connectivity index (χ0) is 31.8. The fraction of sp³-hybridized carbons (Fsp3) is 0.263. The fourth-order valence-electron chi connectivity index (χ4n) is 4.94. The van der Waals surface area contributed by atoms with E-state index in [1.54, 1.807) is 26.4 Å². The summed E-state index contributed by atoms with van der Waals surface area (Å²) in [6, 6.07) is 18.9. The Balaban J connectivity index is 1.57. The lowest BCUT2D eigenvalue weighted by molar-refractivity contribution is -0.300. The van der Waals surface area contributed by atoms with Crippen LogP contribution in [0, 0.1) is 5.41 Å². The maximum atomic E-state index is 13.4. The molecule has 1 aliphatic heterocycles. The van der Waals surface area contributed by atoms with E-state index in [4.69, 9.17) is 18.6 Å². The summed E-state index contributed by atoms with van der Waals surface area (Å²) in [4.78, 5) is 13.4. The van der Waals surface area contributed by atoms with E-state index in [0.717, 1.165) is 11.1 Å². The molecule has 44 heavy (non-hydrogen) atoms. The number of Topliss-reactive ketones (excluding diaryl/α,β-unsaturated/α-hetero) is 1. The molecule has 6 heteroatoms. The van der Waals surface area contributed by atoms with Crippen LogP contribution >= 0.6 is 0 Å². The first-order valence-corrected chi connectivity index (χ1v) is 14.6. The molecule has 0 amide bonds. The number of hydrogen-bond acceptors (Lipinski definition) is 5. The number of rotatable bonds is 6. The topological polar surface area (TPSA) is 79.1 Å². The lowest BCUT2D eigenvalue weighted by Crippen LogP contribution is -2.29. The van der Waals surface area contributed by atoms with Crippen LogP contribution in [0.2, 0.25) is 0 Å². The van der Waals surface area contributed by atoms with Gasteiger partial charge in [0.25, 0.3) is 0 Å². The molecule has 0 unspecified atom stereocenters. The van der Waals surface area contributed by atoms with Crippen LogP contribution in [0.4, 0.5) is 0 Å². The van der Waals surface area contributed by atoms with Gasteiger partial charge in [0, 0.05) is 22.6 Å². The number of benzene rings is 2. The number of methoxy groups -OCH3 is 2. The zero-order valence-corrected chi connectivity index (χ0v) is 26.5. The Kier molecular flexibility index (Phi) is 8.13. The largest absolute Gasteiger partial charge is 0.871 e.